The Hall–Kier alpha value is -0.690. The molecule has 1 N–H and O–H groups in total. The summed E-state index contributed by atoms with van der Waals surface area (Å²) in [6, 6.07) is 0. The Kier molecular flexibility index (Phi) is 12.1. The van der Waals surface area contributed by atoms with E-state index in [0.717, 1.165) is 18.8 Å². The predicted molar refractivity (Wildman–Crippen MR) is 88.5 cm³/mol. The Balaban J connectivity index is 1.81. The Labute approximate surface area is 140 Å². The zero-order valence-electron chi connectivity index (χ0n) is 14.7. The van der Waals surface area contributed by atoms with Gasteiger partial charge in [-0.2, -0.15) is 0 Å². The third-order valence-corrected chi connectivity index (χ3v) is 4.11. The van der Waals surface area contributed by atoms with Crippen molar-refractivity contribution in [3.05, 3.63) is 0 Å². The smallest absolute Gasteiger partial charge is 0.223 e. The van der Waals surface area contributed by atoms with Crippen LogP contribution in [0.2, 0.25) is 0 Å². The van der Waals surface area contributed by atoms with Crippen molar-refractivity contribution in [2.75, 3.05) is 59.9 Å². The minimum absolute atomic E-state index is 0.185. The second-order valence-electron chi connectivity index (χ2n) is 6.08. The lowest BCUT2D eigenvalue weighted by atomic mass is 9.82. The number of nitrogens with one attached hydrogen (secondary N) is 1. The summed E-state index contributed by atoms with van der Waals surface area (Å²) >= 11 is 0. The van der Waals surface area contributed by atoms with Gasteiger partial charge in [0, 0.05) is 19.6 Å². The average molecular weight is 331 g/mol. The van der Waals surface area contributed by atoms with E-state index in [4.69, 9.17) is 18.9 Å². The molecule has 0 aromatic rings. The van der Waals surface area contributed by atoms with Crippen molar-refractivity contribution in [2.45, 2.75) is 32.6 Å². The van der Waals surface area contributed by atoms with E-state index in [1.54, 1.807) is 7.11 Å². The second kappa shape index (κ2) is 13.7. The minimum Gasteiger partial charge on any atom is -0.382 e. The summed E-state index contributed by atoms with van der Waals surface area (Å²) in [6.07, 6.45) is 4.38. The maximum atomic E-state index is 12.0. The van der Waals surface area contributed by atoms with Gasteiger partial charge in [0.25, 0.3) is 0 Å². The monoisotopic (exact) mass is 331 g/mol. The molecular weight excluding hydrogens is 298 g/mol. The van der Waals surface area contributed by atoms with Gasteiger partial charge in [-0.25, -0.2) is 0 Å². The molecule has 0 spiro atoms. The molecule has 0 unspecified atom stereocenters. The number of ether oxygens (including phenoxy) is 4. The molecule has 1 saturated carbocycles. The van der Waals surface area contributed by atoms with Crippen molar-refractivity contribution in [1.29, 1.82) is 0 Å². The van der Waals surface area contributed by atoms with Gasteiger partial charge in [-0.1, -0.05) is 6.92 Å². The molecule has 0 radical (unpaired) electrons. The third-order valence-electron chi connectivity index (χ3n) is 4.11. The van der Waals surface area contributed by atoms with Crippen LogP contribution in [-0.4, -0.2) is 65.8 Å². The standard InChI is InChI=1S/C17H33NO5/c1-15-3-5-16(6-4-15)17(19)18-7-8-21-11-12-23-14-13-22-10-9-20-2/h15-16H,3-14H2,1-2H3,(H,18,19). The molecule has 0 saturated heterocycles. The fraction of sp³-hybridized carbons (Fsp3) is 0.941. The fourth-order valence-electron chi connectivity index (χ4n) is 2.60. The van der Waals surface area contributed by atoms with E-state index in [1.165, 1.54) is 12.8 Å². The van der Waals surface area contributed by atoms with Gasteiger partial charge in [0.1, 0.15) is 0 Å². The molecule has 1 fully saturated rings. The van der Waals surface area contributed by atoms with Crippen molar-refractivity contribution in [2.24, 2.45) is 11.8 Å². The highest BCUT2D eigenvalue weighted by Crippen LogP contribution is 2.28. The first-order valence-corrected chi connectivity index (χ1v) is 8.74. The van der Waals surface area contributed by atoms with Gasteiger partial charge in [0.15, 0.2) is 0 Å². The first-order chi connectivity index (χ1) is 11.2. The number of amides is 1. The molecule has 1 amide bonds. The molecule has 23 heavy (non-hydrogen) atoms. The summed E-state index contributed by atoms with van der Waals surface area (Å²) in [5.41, 5.74) is 0. The van der Waals surface area contributed by atoms with Crippen LogP contribution in [0.1, 0.15) is 32.6 Å². The maximum absolute atomic E-state index is 12.0. The van der Waals surface area contributed by atoms with Crippen LogP contribution in [0, 0.1) is 11.8 Å². The van der Waals surface area contributed by atoms with Gasteiger partial charge in [0.05, 0.1) is 46.2 Å². The number of hydrogen-bond acceptors (Lipinski definition) is 5. The van der Waals surface area contributed by atoms with Gasteiger partial charge >= 0.3 is 0 Å². The zero-order valence-corrected chi connectivity index (χ0v) is 14.7. The van der Waals surface area contributed by atoms with Crippen LogP contribution in [0.4, 0.5) is 0 Å². The van der Waals surface area contributed by atoms with E-state index < -0.39 is 0 Å². The zero-order chi connectivity index (χ0) is 16.8. The largest absolute Gasteiger partial charge is 0.382 e. The first kappa shape index (κ1) is 20.4. The molecule has 0 bridgehead atoms. The van der Waals surface area contributed by atoms with E-state index in [2.05, 4.69) is 12.2 Å². The van der Waals surface area contributed by atoms with E-state index in [1.807, 2.05) is 0 Å². The molecule has 1 aliphatic rings. The van der Waals surface area contributed by atoms with Gasteiger partial charge in [-0.05, 0) is 31.6 Å². The molecule has 136 valence electrons. The molecule has 0 aromatic carbocycles. The van der Waals surface area contributed by atoms with Crippen LogP contribution in [0.25, 0.3) is 0 Å². The van der Waals surface area contributed by atoms with Gasteiger partial charge in [-0.3, -0.25) is 4.79 Å². The van der Waals surface area contributed by atoms with Crippen LogP contribution in [-0.2, 0) is 23.7 Å². The van der Waals surface area contributed by atoms with E-state index in [9.17, 15) is 4.79 Å². The number of rotatable bonds is 13. The topological polar surface area (TPSA) is 66.0 Å². The molecule has 0 heterocycles. The van der Waals surface area contributed by atoms with Crippen molar-refractivity contribution in [3.63, 3.8) is 0 Å². The molecule has 0 aliphatic heterocycles. The van der Waals surface area contributed by atoms with Crippen molar-refractivity contribution >= 4 is 5.91 Å². The Morgan fingerprint density at radius 1 is 0.870 bits per heavy atom. The first-order valence-electron chi connectivity index (χ1n) is 8.74. The summed E-state index contributed by atoms with van der Waals surface area (Å²) < 4.78 is 20.9. The van der Waals surface area contributed by atoms with Crippen LogP contribution in [0.5, 0.6) is 0 Å². The van der Waals surface area contributed by atoms with Crippen molar-refractivity contribution < 1.29 is 23.7 Å². The number of carbonyl (C=O) groups is 1. The van der Waals surface area contributed by atoms with E-state index >= 15 is 0 Å². The third kappa shape index (κ3) is 10.7. The Morgan fingerprint density at radius 2 is 1.39 bits per heavy atom. The minimum atomic E-state index is 0.185. The number of methoxy groups -OCH3 is 1. The van der Waals surface area contributed by atoms with Crippen LogP contribution < -0.4 is 5.32 Å². The highest BCUT2D eigenvalue weighted by Gasteiger charge is 2.23. The normalized spacial score (nSPS) is 21.3. The molecule has 0 aromatic heterocycles. The molecule has 1 rings (SSSR count). The van der Waals surface area contributed by atoms with E-state index in [-0.39, 0.29) is 11.8 Å². The van der Waals surface area contributed by atoms with Crippen molar-refractivity contribution in [1.82, 2.24) is 5.32 Å². The summed E-state index contributed by atoms with van der Waals surface area (Å²) in [5, 5.41) is 2.96. The van der Waals surface area contributed by atoms with Gasteiger partial charge in [-0.15, -0.1) is 0 Å². The van der Waals surface area contributed by atoms with Crippen LogP contribution >= 0.6 is 0 Å². The average Bonchev–Trinajstić information content (AvgIpc) is 2.56. The highest BCUT2D eigenvalue weighted by molar-refractivity contribution is 5.78. The molecule has 1 aliphatic carbocycles. The van der Waals surface area contributed by atoms with Crippen LogP contribution in [0.3, 0.4) is 0 Å². The molecule has 6 heteroatoms. The lowest BCUT2D eigenvalue weighted by Gasteiger charge is -2.25. The number of hydrogen-bond donors (Lipinski definition) is 1. The second-order valence-corrected chi connectivity index (χ2v) is 6.08. The molecule has 6 nitrogen and oxygen atoms in total. The van der Waals surface area contributed by atoms with Gasteiger partial charge in [0.2, 0.25) is 5.91 Å². The summed E-state index contributed by atoms with van der Waals surface area (Å²) in [5.74, 6) is 1.16. The quantitative estimate of drug-likeness (QED) is 0.520. The van der Waals surface area contributed by atoms with Crippen LogP contribution in [0.15, 0.2) is 0 Å². The predicted octanol–water partition coefficient (Wildman–Crippen LogP) is 1.63. The van der Waals surface area contributed by atoms with Crippen molar-refractivity contribution in [3.8, 4) is 0 Å². The fourth-order valence-corrected chi connectivity index (χ4v) is 2.60. The lowest BCUT2D eigenvalue weighted by molar-refractivity contribution is -0.126. The summed E-state index contributed by atoms with van der Waals surface area (Å²) in [7, 11) is 1.65. The number of carbonyl (C=O) groups excluding carboxylic acids is 1. The molecule has 0 atom stereocenters. The SMILES string of the molecule is COCCOCCOCCOCCNC(=O)C1CCC(C)CC1. The summed E-state index contributed by atoms with van der Waals surface area (Å²) in [4.78, 5) is 12.0. The Morgan fingerprint density at radius 3 is 1.96 bits per heavy atom. The Bertz CT molecular complexity index is 293. The highest BCUT2D eigenvalue weighted by atomic mass is 16.6. The maximum Gasteiger partial charge on any atom is 0.223 e. The van der Waals surface area contributed by atoms with Gasteiger partial charge < -0.3 is 24.3 Å². The van der Waals surface area contributed by atoms with E-state index in [0.29, 0.717) is 52.8 Å². The lowest BCUT2D eigenvalue weighted by Crippen LogP contribution is -2.35. The summed E-state index contributed by atoms with van der Waals surface area (Å²) in [6.45, 7) is 6.77. The molecular formula is C17H33NO5.